The van der Waals surface area contributed by atoms with E-state index in [9.17, 15) is 9.59 Å². The summed E-state index contributed by atoms with van der Waals surface area (Å²) in [5.74, 6) is 0.317. The van der Waals surface area contributed by atoms with Crippen LogP contribution in [0.3, 0.4) is 0 Å². The second kappa shape index (κ2) is 9.01. The highest BCUT2D eigenvalue weighted by Gasteiger charge is 2.33. The number of nitrogens with one attached hydrogen (secondary N) is 1. The number of anilines is 1. The molecule has 27 heavy (non-hydrogen) atoms. The molecule has 144 valence electrons. The zero-order chi connectivity index (χ0) is 19.2. The smallest absolute Gasteiger partial charge is 0.227 e. The number of hydrogen-bond donors (Lipinski definition) is 1. The van der Waals surface area contributed by atoms with Crippen LogP contribution in [0.4, 0.5) is 5.69 Å². The lowest BCUT2D eigenvalue weighted by Gasteiger charge is -2.37. The number of hydrogen-bond acceptors (Lipinski definition) is 4. The van der Waals surface area contributed by atoms with E-state index in [-0.39, 0.29) is 23.7 Å². The Bertz CT molecular complexity index is 694. The molecule has 0 unspecified atom stereocenters. The second-order valence-electron chi connectivity index (χ2n) is 7.49. The van der Waals surface area contributed by atoms with Gasteiger partial charge < -0.3 is 15.1 Å². The largest absolute Gasteiger partial charge is 0.340 e. The van der Waals surface area contributed by atoms with Crippen molar-refractivity contribution in [3.8, 4) is 6.07 Å². The van der Waals surface area contributed by atoms with Crippen LogP contribution in [0.1, 0.15) is 38.2 Å². The molecule has 0 atom stereocenters. The van der Waals surface area contributed by atoms with Crippen molar-refractivity contribution >= 4 is 17.5 Å². The highest BCUT2D eigenvalue weighted by Crippen LogP contribution is 2.31. The number of rotatable bonds is 4. The molecule has 1 saturated heterocycles. The van der Waals surface area contributed by atoms with Crippen LogP contribution in [-0.2, 0) is 9.59 Å². The zero-order valence-corrected chi connectivity index (χ0v) is 16.0. The second-order valence-corrected chi connectivity index (χ2v) is 7.49. The quantitative estimate of drug-likeness (QED) is 0.886. The molecule has 2 amide bonds. The number of piperazine rings is 1. The molecule has 1 N–H and O–H groups in total. The lowest BCUT2D eigenvalue weighted by atomic mass is 9.80. The fourth-order valence-electron chi connectivity index (χ4n) is 4.02. The molecule has 2 fully saturated rings. The molecule has 0 aromatic heterocycles. The first kappa shape index (κ1) is 19.4. The van der Waals surface area contributed by atoms with E-state index in [4.69, 9.17) is 5.26 Å². The Hall–Kier alpha value is -2.39. The summed E-state index contributed by atoms with van der Waals surface area (Å²) in [5, 5.41) is 11.8. The minimum absolute atomic E-state index is 0.0159. The number of carbonyl (C=O) groups is 2. The van der Waals surface area contributed by atoms with Gasteiger partial charge >= 0.3 is 0 Å². The number of amides is 2. The minimum Gasteiger partial charge on any atom is -0.340 e. The maximum absolute atomic E-state index is 12.8. The van der Waals surface area contributed by atoms with Gasteiger partial charge in [0, 0.05) is 43.7 Å². The van der Waals surface area contributed by atoms with E-state index in [2.05, 4.69) is 23.2 Å². The van der Waals surface area contributed by atoms with Crippen molar-refractivity contribution in [3.05, 3.63) is 29.8 Å². The summed E-state index contributed by atoms with van der Waals surface area (Å²) < 4.78 is 0. The van der Waals surface area contributed by atoms with Crippen molar-refractivity contribution in [2.24, 2.45) is 11.8 Å². The Morgan fingerprint density at radius 2 is 1.63 bits per heavy atom. The lowest BCUT2D eigenvalue weighted by molar-refractivity contribution is -0.139. The summed E-state index contributed by atoms with van der Waals surface area (Å²) >= 11 is 0. The molecule has 6 heteroatoms. The van der Waals surface area contributed by atoms with Gasteiger partial charge in [-0.1, -0.05) is 6.92 Å². The van der Waals surface area contributed by atoms with Crippen molar-refractivity contribution in [2.75, 3.05) is 38.0 Å². The number of carbonyl (C=O) groups excluding carboxylic acids is 2. The van der Waals surface area contributed by atoms with Crippen LogP contribution in [0.15, 0.2) is 24.3 Å². The lowest BCUT2D eigenvalue weighted by Crippen LogP contribution is -2.50. The van der Waals surface area contributed by atoms with E-state index >= 15 is 0 Å². The van der Waals surface area contributed by atoms with Gasteiger partial charge in [0.25, 0.3) is 0 Å². The normalized spacial score (nSPS) is 23.5. The van der Waals surface area contributed by atoms with Crippen LogP contribution in [0.25, 0.3) is 0 Å². The van der Waals surface area contributed by atoms with E-state index in [1.54, 1.807) is 24.3 Å². The van der Waals surface area contributed by atoms with E-state index in [0.29, 0.717) is 11.3 Å². The molecule has 1 aliphatic carbocycles. The van der Waals surface area contributed by atoms with E-state index in [1.807, 2.05) is 4.90 Å². The van der Waals surface area contributed by atoms with Crippen LogP contribution >= 0.6 is 0 Å². The van der Waals surface area contributed by atoms with Gasteiger partial charge in [0.1, 0.15) is 0 Å². The van der Waals surface area contributed by atoms with Gasteiger partial charge in [-0.25, -0.2) is 0 Å². The van der Waals surface area contributed by atoms with Gasteiger partial charge in [-0.05, 0) is 56.5 Å². The summed E-state index contributed by atoms with van der Waals surface area (Å²) in [6, 6.07) is 8.97. The van der Waals surface area contributed by atoms with Crippen LogP contribution in [0.5, 0.6) is 0 Å². The third-order valence-corrected chi connectivity index (χ3v) is 5.86. The Balaban J connectivity index is 1.46. The summed E-state index contributed by atoms with van der Waals surface area (Å²) in [4.78, 5) is 29.6. The van der Waals surface area contributed by atoms with E-state index in [0.717, 1.165) is 58.4 Å². The maximum Gasteiger partial charge on any atom is 0.227 e. The van der Waals surface area contributed by atoms with Crippen molar-refractivity contribution in [3.63, 3.8) is 0 Å². The first-order valence-electron chi connectivity index (χ1n) is 9.93. The van der Waals surface area contributed by atoms with Crippen LogP contribution in [0, 0.1) is 23.2 Å². The highest BCUT2D eigenvalue weighted by molar-refractivity contribution is 5.92. The van der Waals surface area contributed by atoms with Crippen molar-refractivity contribution in [1.82, 2.24) is 9.80 Å². The van der Waals surface area contributed by atoms with Gasteiger partial charge in [-0.15, -0.1) is 0 Å². The SMILES string of the molecule is CCN1CCN(C(=O)C2CCC(C(=O)Nc3ccc(C#N)cc3)CC2)CC1. The van der Waals surface area contributed by atoms with Crippen molar-refractivity contribution in [2.45, 2.75) is 32.6 Å². The molecular formula is C21H28N4O2. The Morgan fingerprint density at radius 3 is 2.19 bits per heavy atom. The van der Waals surface area contributed by atoms with Gasteiger partial charge in [0.2, 0.25) is 11.8 Å². The van der Waals surface area contributed by atoms with Gasteiger partial charge in [0.15, 0.2) is 0 Å². The molecule has 3 rings (SSSR count). The standard InChI is InChI=1S/C21H28N4O2/c1-2-24-11-13-25(14-12-24)21(27)18-7-5-17(6-8-18)20(26)23-19-9-3-16(15-22)4-10-19/h3-4,9-10,17-18H,2,5-8,11-14H2,1H3,(H,23,26). The molecule has 1 aromatic rings. The molecule has 1 aliphatic heterocycles. The topological polar surface area (TPSA) is 76.4 Å². The summed E-state index contributed by atoms with van der Waals surface area (Å²) in [5.41, 5.74) is 1.29. The Labute approximate surface area is 161 Å². The van der Waals surface area contributed by atoms with Crippen molar-refractivity contribution in [1.29, 1.82) is 5.26 Å². The number of benzene rings is 1. The monoisotopic (exact) mass is 368 g/mol. The van der Waals surface area contributed by atoms with Gasteiger partial charge in [-0.3, -0.25) is 9.59 Å². The molecule has 1 saturated carbocycles. The number of nitrogens with zero attached hydrogens (tertiary/aromatic N) is 3. The van der Waals surface area contributed by atoms with Gasteiger partial charge in [0.05, 0.1) is 11.6 Å². The third-order valence-electron chi connectivity index (χ3n) is 5.86. The summed E-state index contributed by atoms with van der Waals surface area (Å²) in [6.45, 7) is 6.77. The molecule has 0 spiro atoms. The highest BCUT2D eigenvalue weighted by atomic mass is 16.2. The minimum atomic E-state index is -0.0402. The average Bonchev–Trinajstić information content (AvgIpc) is 2.74. The van der Waals surface area contributed by atoms with Crippen LogP contribution in [-0.4, -0.2) is 54.3 Å². The molecule has 1 heterocycles. The van der Waals surface area contributed by atoms with E-state index < -0.39 is 0 Å². The fraction of sp³-hybridized carbons (Fsp3) is 0.571. The zero-order valence-electron chi connectivity index (χ0n) is 16.0. The molecule has 0 radical (unpaired) electrons. The van der Waals surface area contributed by atoms with Crippen LogP contribution in [0.2, 0.25) is 0 Å². The molecular weight excluding hydrogens is 340 g/mol. The van der Waals surface area contributed by atoms with Crippen molar-refractivity contribution < 1.29 is 9.59 Å². The van der Waals surface area contributed by atoms with Crippen LogP contribution < -0.4 is 5.32 Å². The van der Waals surface area contributed by atoms with Gasteiger partial charge in [-0.2, -0.15) is 5.26 Å². The predicted octanol–water partition coefficient (Wildman–Crippen LogP) is 2.47. The third kappa shape index (κ3) is 4.86. The molecule has 0 bridgehead atoms. The number of nitriles is 1. The fourth-order valence-corrected chi connectivity index (χ4v) is 4.02. The first-order valence-corrected chi connectivity index (χ1v) is 9.93. The average molecular weight is 368 g/mol. The Kier molecular flexibility index (Phi) is 6.46. The van der Waals surface area contributed by atoms with E-state index in [1.165, 1.54) is 0 Å². The summed E-state index contributed by atoms with van der Waals surface area (Å²) in [7, 11) is 0. The first-order chi connectivity index (χ1) is 13.1. The Morgan fingerprint density at radius 1 is 1.04 bits per heavy atom. The number of likely N-dealkylation sites (N-methyl/N-ethyl adjacent to an activating group) is 1. The molecule has 2 aliphatic rings. The maximum atomic E-state index is 12.8. The molecule has 6 nitrogen and oxygen atoms in total. The summed E-state index contributed by atoms with van der Waals surface area (Å²) in [6.07, 6.45) is 3.09. The molecule has 1 aromatic carbocycles. The predicted molar refractivity (Wildman–Crippen MR) is 104 cm³/mol.